The average Bonchev–Trinajstić information content (AvgIpc) is 3.40. The number of esters is 3. The summed E-state index contributed by atoms with van der Waals surface area (Å²) in [5.74, 6) is -0.877. The molecule has 6 nitrogen and oxygen atoms in total. The van der Waals surface area contributed by atoms with E-state index in [0.717, 1.165) is 96.3 Å². The van der Waals surface area contributed by atoms with Gasteiger partial charge >= 0.3 is 17.9 Å². The lowest BCUT2D eigenvalue weighted by atomic mass is 10.0. The summed E-state index contributed by atoms with van der Waals surface area (Å²) in [5, 5.41) is 0. The van der Waals surface area contributed by atoms with E-state index in [0.29, 0.717) is 19.3 Å². The quantitative estimate of drug-likeness (QED) is 0.0261. The topological polar surface area (TPSA) is 78.9 Å². The van der Waals surface area contributed by atoms with E-state index in [1.165, 1.54) is 186 Å². The average molecular weight is 1030 g/mol. The summed E-state index contributed by atoms with van der Waals surface area (Å²) in [6.07, 6.45) is 80.4. The van der Waals surface area contributed by atoms with Crippen molar-refractivity contribution in [1.82, 2.24) is 0 Å². The van der Waals surface area contributed by atoms with Crippen molar-refractivity contribution in [2.45, 2.75) is 329 Å². The second kappa shape index (κ2) is 62.4. The van der Waals surface area contributed by atoms with Crippen LogP contribution in [-0.4, -0.2) is 37.2 Å². The van der Waals surface area contributed by atoms with Crippen molar-refractivity contribution < 1.29 is 28.6 Å². The molecule has 0 aliphatic carbocycles. The minimum Gasteiger partial charge on any atom is -0.462 e. The molecule has 0 aliphatic rings. The molecule has 0 aliphatic heterocycles. The number of allylic oxidation sites excluding steroid dienone is 12. The van der Waals surface area contributed by atoms with Gasteiger partial charge in [-0.05, 0) is 89.9 Å². The van der Waals surface area contributed by atoms with Gasteiger partial charge in [-0.15, -0.1) is 0 Å². The van der Waals surface area contributed by atoms with Crippen LogP contribution >= 0.6 is 0 Å². The third-order valence-corrected chi connectivity index (χ3v) is 13.9. The minimum absolute atomic E-state index is 0.0774. The van der Waals surface area contributed by atoms with Crippen molar-refractivity contribution in [1.29, 1.82) is 0 Å². The molecule has 1 atom stereocenters. The van der Waals surface area contributed by atoms with Crippen LogP contribution in [0.4, 0.5) is 0 Å². The molecule has 0 aromatic carbocycles. The Morgan fingerprint density at radius 3 is 0.838 bits per heavy atom. The molecule has 0 rings (SSSR count). The maximum absolute atomic E-state index is 12.9. The van der Waals surface area contributed by atoms with Crippen LogP contribution < -0.4 is 0 Å². The second-order valence-corrected chi connectivity index (χ2v) is 21.3. The number of ether oxygens (including phenoxy) is 3. The maximum Gasteiger partial charge on any atom is 0.306 e. The van der Waals surface area contributed by atoms with E-state index in [1.54, 1.807) is 0 Å². The molecule has 0 N–H and O–H groups in total. The normalized spacial score (nSPS) is 12.5. The van der Waals surface area contributed by atoms with E-state index in [-0.39, 0.29) is 31.1 Å². The third kappa shape index (κ3) is 59.7. The Balaban J connectivity index is 4.37. The first-order chi connectivity index (χ1) is 36.5. The lowest BCUT2D eigenvalue weighted by Gasteiger charge is -2.18. The van der Waals surface area contributed by atoms with Gasteiger partial charge in [0.25, 0.3) is 0 Å². The van der Waals surface area contributed by atoms with Gasteiger partial charge in [0.05, 0.1) is 0 Å². The molecule has 428 valence electrons. The molecule has 0 fully saturated rings. The summed E-state index contributed by atoms with van der Waals surface area (Å²) in [7, 11) is 0. The minimum atomic E-state index is -0.782. The Morgan fingerprint density at radius 2 is 0.527 bits per heavy atom. The highest BCUT2D eigenvalue weighted by Crippen LogP contribution is 2.17. The first-order valence-electron chi connectivity index (χ1n) is 31.9. The monoisotopic (exact) mass is 1030 g/mol. The van der Waals surface area contributed by atoms with Crippen molar-refractivity contribution in [3.05, 3.63) is 72.9 Å². The number of hydrogen-bond acceptors (Lipinski definition) is 6. The van der Waals surface area contributed by atoms with Gasteiger partial charge in [-0.25, -0.2) is 0 Å². The molecular weight excluding hydrogens is 913 g/mol. The molecular formula is C68H120O6. The third-order valence-electron chi connectivity index (χ3n) is 13.9. The molecule has 0 saturated carbocycles. The van der Waals surface area contributed by atoms with Gasteiger partial charge in [0.2, 0.25) is 0 Å². The fraction of sp³-hybridized carbons (Fsp3) is 0.779. The Morgan fingerprint density at radius 1 is 0.284 bits per heavy atom. The van der Waals surface area contributed by atoms with Gasteiger partial charge < -0.3 is 14.2 Å². The lowest BCUT2D eigenvalue weighted by molar-refractivity contribution is -0.167. The zero-order valence-corrected chi connectivity index (χ0v) is 49.1. The summed E-state index contributed by atoms with van der Waals surface area (Å²) in [6, 6.07) is 0. The first-order valence-corrected chi connectivity index (χ1v) is 31.9. The van der Waals surface area contributed by atoms with Crippen LogP contribution in [0.5, 0.6) is 0 Å². The molecule has 0 bridgehead atoms. The molecule has 6 heteroatoms. The molecule has 0 saturated heterocycles. The Hall–Kier alpha value is -3.15. The predicted octanol–water partition coefficient (Wildman–Crippen LogP) is 21.7. The van der Waals surface area contributed by atoms with Crippen LogP contribution in [0.2, 0.25) is 0 Å². The number of carbonyl (C=O) groups excluding carboxylic acids is 3. The Kier molecular flexibility index (Phi) is 59.7. The summed E-state index contributed by atoms with van der Waals surface area (Å²) in [5.41, 5.74) is 0. The molecule has 0 aromatic heterocycles. The Bertz CT molecular complexity index is 1370. The predicted molar refractivity (Wildman–Crippen MR) is 321 cm³/mol. The summed E-state index contributed by atoms with van der Waals surface area (Å²) < 4.78 is 16.9. The molecule has 0 radical (unpaired) electrons. The summed E-state index contributed by atoms with van der Waals surface area (Å²) in [4.78, 5) is 38.3. The van der Waals surface area contributed by atoms with E-state index < -0.39 is 6.10 Å². The molecule has 0 heterocycles. The molecule has 0 amide bonds. The first kappa shape index (κ1) is 70.8. The van der Waals surface area contributed by atoms with E-state index in [9.17, 15) is 14.4 Å². The van der Waals surface area contributed by atoms with Crippen LogP contribution in [0.3, 0.4) is 0 Å². The van der Waals surface area contributed by atoms with Gasteiger partial charge in [0, 0.05) is 19.3 Å². The standard InChI is InChI=1S/C68H120O6/c1-4-7-10-13-16-19-22-25-28-30-32-33-34-35-36-38-40-43-46-49-52-55-58-61-67(70)73-64-65(63-72-66(69)60-57-54-51-48-45-42-39-27-24-21-18-15-12-9-6-3)74-68(71)62-59-56-53-50-47-44-41-37-31-29-26-23-20-17-14-11-8-5-2/h7,10,16,19,25,28-29,31-33,35-36,65H,4-6,8-9,11-15,17-18,20-24,26-27,30,34,37-64H2,1-3H3/b10-7-,19-16-,28-25-,31-29-,33-32-,36-35-. The molecule has 1 unspecified atom stereocenters. The summed E-state index contributed by atoms with van der Waals surface area (Å²) in [6.45, 7) is 6.55. The highest BCUT2D eigenvalue weighted by Gasteiger charge is 2.19. The van der Waals surface area contributed by atoms with Gasteiger partial charge in [0.1, 0.15) is 13.2 Å². The van der Waals surface area contributed by atoms with E-state index >= 15 is 0 Å². The molecule has 0 aromatic rings. The number of hydrogen-bond donors (Lipinski definition) is 0. The fourth-order valence-electron chi connectivity index (χ4n) is 9.17. The summed E-state index contributed by atoms with van der Waals surface area (Å²) >= 11 is 0. The SMILES string of the molecule is CC/C=C\C/C=C\C/C=C\C/C=C\C/C=C\CCCCCCCCCC(=O)OCC(COC(=O)CCCCCCCCCCCCCCCCC)OC(=O)CCCCCCCCC/C=C\CCCCCCCCC. The van der Waals surface area contributed by atoms with Crippen LogP contribution in [0, 0.1) is 0 Å². The van der Waals surface area contributed by atoms with Crippen LogP contribution in [0.1, 0.15) is 323 Å². The molecule has 74 heavy (non-hydrogen) atoms. The van der Waals surface area contributed by atoms with Gasteiger partial charge in [0.15, 0.2) is 6.10 Å². The zero-order chi connectivity index (χ0) is 53.6. The van der Waals surface area contributed by atoms with Crippen molar-refractivity contribution >= 4 is 17.9 Å². The van der Waals surface area contributed by atoms with Crippen molar-refractivity contribution in [2.24, 2.45) is 0 Å². The van der Waals surface area contributed by atoms with Crippen molar-refractivity contribution in [3.63, 3.8) is 0 Å². The fourth-order valence-corrected chi connectivity index (χ4v) is 9.17. The van der Waals surface area contributed by atoms with Gasteiger partial charge in [-0.1, -0.05) is 286 Å². The second-order valence-electron chi connectivity index (χ2n) is 21.3. The van der Waals surface area contributed by atoms with Crippen LogP contribution in [-0.2, 0) is 28.6 Å². The van der Waals surface area contributed by atoms with Crippen LogP contribution in [0.15, 0.2) is 72.9 Å². The maximum atomic E-state index is 12.9. The smallest absolute Gasteiger partial charge is 0.306 e. The van der Waals surface area contributed by atoms with Crippen LogP contribution in [0.25, 0.3) is 0 Å². The zero-order valence-electron chi connectivity index (χ0n) is 49.1. The lowest BCUT2D eigenvalue weighted by Crippen LogP contribution is -2.30. The highest BCUT2D eigenvalue weighted by molar-refractivity contribution is 5.71. The number of carbonyl (C=O) groups is 3. The Labute approximate surface area is 459 Å². The largest absolute Gasteiger partial charge is 0.462 e. The number of unbranched alkanes of at least 4 members (excludes halogenated alkanes) is 35. The van der Waals surface area contributed by atoms with E-state index in [4.69, 9.17) is 14.2 Å². The van der Waals surface area contributed by atoms with Gasteiger partial charge in [-0.2, -0.15) is 0 Å². The van der Waals surface area contributed by atoms with E-state index in [2.05, 4.69) is 93.7 Å². The van der Waals surface area contributed by atoms with Crippen molar-refractivity contribution in [2.75, 3.05) is 13.2 Å². The number of rotatable bonds is 58. The van der Waals surface area contributed by atoms with E-state index in [1.807, 2.05) is 0 Å². The van der Waals surface area contributed by atoms with Crippen molar-refractivity contribution in [3.8, 4) is 0 Å². The van der Waals surface area contributed by atoms with Gasteiger partial charge in [-0.3, -0.25) is 14.4 Å². The molecule has 0 spiro atoms. The highest BCUT2D eigenvalue weighted by atomic mass is 16.6.